The number of amides is 2. The number of carbonyl (C=O) groups is 2. The van der Waals surface area contributed by atoms with Crippen molar-refractivity contribution < 1.29 is 32.2 Å². The van der Waals surface area contributed by atoms with Crippen LogP contribution in [0.1, 0.15) is 5.56 Å². The first-order chi connectivity index (χ1) is 12.8. The van der Waals surface area contributed by atoms with Crippen LogP contribution in [-0.2, 0) is 16.1 Å². The summed E-state index contributed by atoms with van der Waals surface area (Å²) in [6.45, 7) is -0.521. The van der Waals surface area contributed by atoms with Crippen molar-refractivity contribution in [1.82, 2.24) is 5.32 Å². The van der Waals surface area contributed by atoms with E-state index in [4.69, 9.17) is 9.47 Å². The van der Waals surface area contributed by atoms with E-state index in [9.17, 15) is 22.8 Å². The van der Waals surface area contributed by atoms with Crippen molar-refractivity contribution in [3.63, 3.8) is 0 Å². The van der Waals surface area contributed by atoms with E-state index >= 15 is 0 Å². The van der Waals surface area contributed by atoms with Gasteiger partial charge in [-0.15, -0.1) is 0 Å². The number of hydrogen-bond donors (Lipinski definition) is 2. The van der Waals surface area contributed by atoms with E-state index in [-0.39, 0.29) is 13.2 Å². The van der Waals surface area contributed by atoms with E-state index in [2.05, 4.69) is 5.32 Å². The van der Waals surface area contributed by atoms with E-state index in [0.717, 1.165) is 0 Å². The van der Waals surface area contributed by atoms with Gasteiger partial charge in [0.1, 0.15) is 0 Å². The van der Waals surface area contributed by atoms with Crippen molar-refractivity contribution in [3.8, 4) is 11.5 Å². The molecule has 0 aliphatic heterocycles. The molecule has 2 N–H and O–H groups in total. The maximum Gasteiger partial charge on any atom is 0.471 e. The summed E-state index contributed by atoms with van der Waals surface area (Å²) in [5, 5.41) is 4.36. The minimum Gasteiger partial charge on any atom is -0.493 e. The van der Waals surface area contributed by atoms with Gasteiger partial charge in [-0.1, -0.05) is 24.3 Å². The van der Waals surface area contributed by atoms with E-state index in [1.54, 1.807) is 29.6 Å². The van der Waals surface area contributed by atoms with Crippen molar-refractivity contribution in [3.05, 3.63) is 54.1 Å². The Morgan fingerprint density at radius 3 is 2.22 bits per heavy atom. The molecule has 9 heteroatoms. The summed E-state index contributed by atoms with van der Waals surface area (Å²) in [5.74, 6) is -1.51. The van der Waals surface area contributed by atoms with Crippen LogP contribution in [0.5, 0.6) is 11.5 Å². The topological polar surface area (TPSA) is 76.7 Å². The van der Waals surface area contributed by atoms with E-state index in [1.807, 2.05) is 0 Å². The van der Waals surface area contributed by atoms with Crippen LogP contribution in [-0.4, -0.2) is 31.7 Å². The minimum absolute atomic E-state index is 0.246. The molecule has 0 heterocycles. The van der Waals surface area contributed by atoms with Crippen molar-refractivity contribution in [2.75, 3.05) is 19.0 Å². The van der Waals surface area contributed by atoms with Gasteiger partial charge in [-0.05, 0) is 29.8 Å². The summed E-state index contributed by atoms with van der Waals surface area (Å²) < 4.78 is 46.9. The summed E-state index contributed by atoms with van der Waals surface area (Å²) >= 11 is 0. The number of halogens is 3. The molecule has 0 aromatic heterocycles. The lowest BCUT2D eigenvalue weighted by atomic mass is 10.2. The highest BCUT2D eigenvalue weighted by atomic mass is 19.4. The summed E-state index contributed by atoms with van der Waals surface area (Å²) in [7, 11) is 1.49. The van der Waals surface area contributed by atoms with Crippen molar-refractivity contribution >= 4 is 17.5 Å². The number of para-hydroxylation sites is 2. The molecule has 0 saturated carbocycles. The third kappa shape index (κ3) is 6.21. The molecule has 0 unspecified atom stereocenters. The molecule has 144 valence electrons. The predicted molar refractivity (Wildman–Crippen MR) is 91.5 cm³/mol. The van der Waals surface area contributed by atoms with Gasteiger partial charge in [0, 0.05) is 12.2 Å². The Morgan fingerprint density at radius 1 is 1.00 bits per heavy atom. The van der Waals surface area contributed by atoms with Crippen LogP contribution in [0.3, 0.4) is 0 Å². The van der Waals surface area contributed by atoms with E-state index in [1.165, 1.54) is 31.4 Å². The van der Waals surface area contributed by atoms with E-state index < -0.39 is 18.0 Å². The van der Waals surface area contributed by atoms with Crippen molar-refractivity contribution in [2.24, 2.45) is 0 Å². The average molecular weight is 382 g/mol. The Kier molecular flexibility index (Phi) is 6.64. The molecule has 0 fully saturated rings. The van der Waals surface area contributed by atoms with Gasteiger partial charge in [-0.3, -0.25) is 9.59 Å². The smallest absolute Gasteiger partial charge is 0.471 e. The summed E-state index contributed by atoms with van der Waals surface area (Å²) in [6, 6.07) is 12.9. The fraction of sp³-hybridized carbons (Fsp3) is 0.222. The Morgan fingerprint density at radius 2 is 1.63 bits per heavy atom. The van der Waals surface area contributed by atoms with Gasteiger partial charge < -0.3 is 20.1 Å². The normalized spacial score (nSPS) is 10.8. The first kappa shape index (κ1) is 20.1. The number of carbonyl (C=O) groups excluding carboxylic acids is 2. The first-order valence-electron chi connectivity index (χ1n) is 7.79. The number of benzene rings is 2. The van der Waals surface area contributed by atoms with E-state index in [0.29, 0.717) is 22.7 Å². The molecule has 0 radical (unpaired) electrons. The Labute approximate surface area is 153 Å². The molecule has 2 amide bonds. The van der Waals surface area contributed by atoms with Crippen LogP contribution >= 0.6 is 0 Å². The molecular weight excluding hydrogens is 365 g/mol. The lowest BCUT2D eigenvalue weighted by Gasteiger charge is -2.11. The predicted octanol–water partition coefficient (Wildman–Crippen LogP) is 2.89. The largest absolute Gasteiger partial charge is 0.493 e. The second-order valence-electron chi connectivity index (χ2n) is 5.37. The summed E-state index contributed by atoms with van der Waals surface area (Å²) in [6.07, 6.45) is -4.92. The maximum atomic E-state index is 12.1. The number of hydrogen-bond acceptors (Lipinski definition) is 4. The monoisotopic (exact) mass is 382 g/mol. The Hall–Kier alpha value is -3.23. The Balaban J connectivity index is 1.83. The SMILES string of the molecule is COc1ccccc1OCC(=O)Nc1ccc(CNC(=O)C(F)(F)F)cc1. The molecule has 2 aromatic carbocycles. The lowest BCUT2D eigenvalue weighted by Crippen LogP contribution is -2.36. The summed E-state index contributed by atoms with van der Waals surface area (Å²) in [5.41, 5.74) is 0.894. The molecule has 2 aromatic rings. The quantitative estimate of drug-likeness (QED) is 0.772. The van der Waals surface area contributed by atoms with Crippen molar-refractivity contribution in [1.29, 1.82) is 0 Å². The van der Waals surface area contributed by atoms with Crippen LogP contribution in [0.25, 0.3) is 0 Å². The molecule has 2 rings (SSSR count). The second-order valence-corrected chi connectivity index (χ2v) is 5.37. The Bertz CT molecular complexity index is 792. The zero-order chi connectivity index (χ0) is 19.9. The van der Waals surface area contributed by atoms with Gasteiger partial charge in [0.2, 0.25) is 0 Å². The highest BCUT2D eigenvalue weighted by Gasteiger charge is 2.38. The lowest BCUT2D eigenvalue weighted by molar-refractivity contribution is -0.173. The van der Waals surface area contributed by atoms with Gasteiger partial charge in [0.25, 0.3) is 5.91 Å². The number of nitrogens with one attached hydrogen (secondary N) is 2. The van der Waals surface area contributed by atoms with Gasteiger partial charge in [-0.25, -0.2) is 0 Å². The molecule has 0 atom stereocenters. The molecule has 0 aliphatic carbocycles. The van der Waals surface area contributed by atoms with Crippen LogP contribution in [0.2, 0.25) is 0 Å². The second kappa shape index (κ2) is 8.93. The minimum atomic E-state index is -4.92. The molecule has 6 nitrogen and oxygen atoms in total. The molecule has 0 spiro atoms. The third-order valence-corrected chi connectivity index (χ3v) is 3.38. The van der Waals surface area contributed by atoms with Gasteiger partial charge >= 0.3 is 12.1 Å². The van der Waals surface area contributed by atoms with Crippen LogP contribution in [0.15, 0.2) is 48.5 Å². The highest BCUT2D eigenvalue weighted by Crippen LogP contribution is 2.25. The number of rotatable bonds is 7. The van der Waals surface area contributed by atoms with Crippen LogP contribution in [0.4, 0.5) is 18.9 Å². The number of ether oxygens (including phenoxy) is 2. The fourth-order valence-corrected chi connectivity index (χ4v) is 2.07. The third-order valence-electron chi connectivity index (χ3n) is 3.38. The maximum absolute atomic E-state index is 12.1. The number of methoxy groups -OCH3 is 1. The highest BCUT2D eigenvalue weighted by molar-refractivity contribution is 5.91. The molecule has 0 saturated heterocycles. The zero-order valence-electron chi connectivity index (χ0n) is 14.3. The van der Waals surface area contributed by atoms with Crippen molar-refractivity contribution in [2.45, 2.75) is 12.7 Å². The number of anilines is 1. The number of alkyl halides is 3. The fourth-order valence-electron chi connectivity index (χ4n) is 2.07. The molecule has 0 aliphatic rings. The van der Waals surface area contributed by atoms with Crippen LogP contribution < -0.4 is 20.1 Å². The van der Waals surface area contributed by atoms with Gasteiger partial charge in [0.05, 0.1) is 7.11 Å². The van der Waals surface area contributed by atoms with Crippen LogP contribution in [0, 0.1) is 0 Å². The average Bonchev–Trinajstić information content (AvgIpc) is 2.65. The molecule has 27 heavy (non-hydrogen) atoms. The van der Waals surface area contributed by atoms with Gasteiger partial charge in [0.15, 0.2) is 18.1 Å². The molecule has 0 bridgehead atoms. The summed E-state index contributed by atoms with van der Waals surface area (Å²) in [4.78, 5) is 22.7. The first-order valence-corrected chi connectivity index (χ1v) is 7.79. The van der Waals surface area contributed by atoms with Gasteiger partial charge in [-0.2, -0.15) is 13.2 Å². The molecular formula is C18H17F3N2O4. The zero-order valence-corrected chi connectivity index (χ0v) is 14.3. The standard InChI is InChI=1S/C18H17F3N2O4/c1-26-14-4-2-3-5-15(14)27-11-16(24)23-13-8-6-12(7-9-13)10-22-17(25)18(19,20)21/h2-9H,10-11H2,1H3,(H,22,25)(H,23,24).